The van der Waals surface area contributed by atoms with Crippen molar-refractivity contribution < 1.29 is 19.1 Å². The zero-order chi connectivity index (χ0) is 24.2. The van der Waals surface area contributed by atoms with Crippen LogP contribution in [0, 0.1) is 0 Å². The maximum absolute atomic E-state index is 13.2. The van der Waals surface area contributed by atoms with E-state index in [0.29, 0.717) is 12.0 Å². The van der Waals surface area contributed by atoms with Crippen LogP contribution in [0.1, 0.15) is 33.9 Å². The number of esters is 1. The Morgan fingerprint density at radius 3 is 2.43 bits per heavy atom. The van der Waals surface area contributed by atoms with Crippen LogP contribution in [0.15, 0.2) is 96.4 Å². The molecule has 7 nitrogen and oxygen atoms in total. The van der Waals surface area contributed by atoms with Gasteiger partial charge in [-0.3, -0.25) is 9.78 Å². The lowest BCUT2D eigenvalue weighted by Gasteiger charge is -2.22. The lowest BCUT2D eigenvalue weighted by molar-refractivity contribution is -0.136. The highest BCUT2D eigenvalue weighted by molar-refractivity contribution is 6.05. The van der Waals surface area contributed by atoms with Gasteiger partial charge in [-0.2, -0.15) is 5.10 Å². The van der Waals surface area contributed by atoms with E-state index in [1.165, 1.54) is 17.4 Å². The van der Waals surface area contributed by atoms with E-state index in [1.807, 2.05) is 42.5 Å². The second-order valence-electron chi connectivity index (χ2n) is 8.15. The van der Waals surface area contributed by atoms with Crippen molar-refractivity contribution >= 4 is 28.4 Å². The Labute approximate surface area is 202 Å². The molecule has 0 spiro atoms. The Bertz CT molecular complexity index is 1400. The SMILES string of the molecule is COc1ccc(C2CC(c3ccc4ccccc4c3)=NN2C(=O)COC(=O)c2ccncc2)cc1. The van der Waals surface area contributed by atoms with Gasteiger partial charge in [0.15, 0.2) is 6.61 Å². The minimum absolute atomic E-state index is 0.325. The van der Waals surface area contributed by atoms with Gasteiger partial charge in [0.25, 0.3) is 5.91 Å². The Kier molecular flexibility index (Phi) is 6.22. The summed E-state index contributed by atoms with van der Waals surface area (Å²) in [5.41, 5.74) is 3.00. The molecule has 0 bridgehead atoms. The summed E-state index contributed by atoms with van der Waals surface area (Å²) in [4.78, 5) is 29.4. The van der Waals surface area contributed by atoms with Gasteiger partial charge in [0.1, 0.15) is 5.75 Å². The molecule has 1 aliphatic heterocycles. The standard InChI is InChI=1S/C28H23N3O4/c1-34-24-10-8-20(9-11-24)26-17-25(23-7-6-19-4-2-3-5-22(19)16-23)30-31(26)27(32)18-35-28(33)21-12-14-29-15-13-21/h2-16,26H,17-18H2,1H3. The van der Waals surface area contributed by atoms with Gasteiger partial charge in [-0.05, 0) is 52.2 Å². The molecule has 0 saturated heterocycles. The fraction of sp³-hybridized carbons (Fsp3) is 0.143. The molecule has 1 aliphatic rings. The van der Waals surface area contributed by atoms with E-state index in [1.54, 1.807) is 19.2 Å². The number of benzene rings is 3. The van der Waals surface area contributed by atoms with Crippen molar-refractivity contribution in [2.45, 2.75) is 12.5 Å². The van der Waals surface area contributed by atoms with Crippen molar-refractivity contribution in [2.24, 2.45) is 5.10 Å². The van der Waals surface area contributed by atoms with Crippen molar-refractivity contribution in [3.8, 4) is 5.75 Å². The second kappa shape index (κ2) is 9.77. The molecule has 3 aromatic carbocycles. The van der Waals surface area contributed by atoms with Gasteiger partial charge in [-0.15, -0.1) is 0 Å². The number of pyridine rings is 1. The number of hydrogen-bond acceptors (Lipinski definition) is 6. The highest BCUT2D eigenvalue weighted by Gasteiger charge is 2.33. The van der Waals surface area contributed by atoms with Crippen LogP contribution in [0.5, 0.6) is 5.75 Å². The monoisotopic (exact) mass is 465 g/mol. The quantitative estimate of drug-likeness (QED) is 0.383. The highest BCUT2D eigenvalue weighted by atomic mass is 16.5. The molecule has 2 heterocycles. The molecule has 174 valence electrons. The summed E-state index contributed by atoms with van der Waals surface area (Å²) < 4.78 is 10.5. The molecule has 4 aromatic rings. The third-order valence-corrected chi connectivity index (χ3v) is 5.99. The van der Waals surface area contributed by atoms with Crippen LogP contribution in [-0.4, -0.2) is 41.3 Å². The van der Waals surface area contributed by atoms with E-state index in [2.05, 4.69) is 34.4 Å². The first-order valence-corrected chi connectivity index (χ1v) is 11.2. The molecule has 0 aliphatic carbocycles. The van der Waals surface area contributed by atoms with Gasteiger partial charge in [-0.25, -0.2) is 9.80 Å². The average Bonchev–Trinajstić information content (AvgIpc) is 3.37. The first-order chi connectivity index (χ1) is 17.1. The van der Waals surface area contributed by atoms with Gasteiger partial charge < -0.3 is 9.47 Å². The molecule has 0 N–H and O–H groups in total. The smallest absolute Gasteiger partial charge is 0.338 e. The number of carbonyl (C=O) groups excluding carboxylic acids is 2. The molecule has 0 radical (unpaired) electrons. The van der Waals surface area contributed by atoms with E-state index in [0.717, 1.165) is 33.4 Å². The summed E-state index contributed by atoms with van der Waals surface area (Å²) in [5.74, 6) is -0.254. The maximum atomic E-state index is 13.2. The Morgan fingerprint density at radius 2 is 1.69 bits per heavy atom. The van der Waals surface area contributed by atoms with Crippen molar-refractivity contribution in [1.82, 2.24) is 9.99 Å². The van der Waals surface area contributed by atoms with Crippen molar-refractivity contribution in [2.75, 3.05) is 13.7 Å². The van der Waals surface area contributed by atoms with Crippen LogP contribution in [0.25, 0.3) is 10.8 Å². The third-order valence-electron chi connectivity index (χ3n) is 5.99. The zero-order valence-corrected chi connectivity index (χ0v) is 19.1. The Balaban J connectivity index is 1.41. The summed E-state index contributed by atoms with van der Waals surface area (Å²) in [7, 11) is 1.61. The number of nitrogens with zero attached hydrogens (tertiary/aromatic N) is 3. The fourth-order valence-corrected chi connectivity index (χ4v) is 4.13. The second-order valence-corrected chi connectivity index (χ2v) is 8.15. The average molecular weight is 466 g/mol. The van der Waals surface area contributed by atoms with E-state index in [4.69, 9.17) is 9.47 Å². The Morgan fingerprint density at radius 1 is 0.943 bits per heavy atom. The van der Waals surface area contributed by atoms with E-state index < -0.39 is 18.5 Å². The van der Waals surface area contributed by atoms with E-state index >= 15 is 0 Å². The number of ether oxygens (including phenoxy) is 2. The zero-order valence-electron chi connectivity index (χ0n) is 19.1. The van der Waals surface area contributed by atoms with Gasteiger partial charge in [-0.1, -0.05) is 48.5 Å². The summed E-state index contributed by atoms with van der Waals surface area (Å²) in [5, 5.41) is 8.34. The highest BCUT2D eigenvalue weighted by Crippen LogP contribution is 2.34. The first kappa shape index (κ1) is 22.3. The molecule has 1 amide bonds. The van der Waals surface area contributed by atoms with Gasteiger partial charge >= 0.3 is 5.97 Å². The van der Waals surface area contributed by atoms with Crippen LogP contribution >= 0.6 is 0 Å². The molecule has 5 rings (SSSR count). The van der Waals surface area contributed by atoms with Gasteiger partial charge in [0, 0.05) is 18.8 Å². The molecular weight excluding hydrogens is 442 g/mol. The topological polar surface area (TPSA) is 81.1 Å². The molecule has 1 aromatic heterocycles. The largest absolute Gasteiger partial charge is 0.497 e. The summed E-state index contributed by atoms with van der Waals surface area (Å²) in [6, 6.07) is 24.6. The molecular formula is C28H23N3O4. The number of fused-ring (bicyclic) bond motifs is 1. The van der Waals surface area contributed by atoms with Gasteiger partial charge in [0.2, 0.25) is 0 Å². The Hall–Kier alpha value is -4.52. The first-order valence-electron chi connectivity index (χ1n) is 11.2. The number of hydrazone groups is 1. The molecule has 0 fully saturated rings. The van der Waals surface area contributed by atoms with Crippen LogP contribution in [-0.2, 0) is 9.53 Å². The number of aromatic nitrogens is 1. The minimum Gasteiger partial charge on any atom is -0.497 e. The summed E-state index contributed by atoms with van der Waals surface area (Å²) in [6.45, 7) is -0.414. The van der Waals surface area contributed by atoms with Crippen molar-refractivity contribution in [3.63, 3.8) is 0 Å². The number of carbonyl (C=O) groups is 2. The van der Waals surface area contributed by atoms with Crippen LogP contribution < -0.4 is 4.74 Å². The van der Waals surface area contributed by atoms with E-state index in [9.17, 15) is 9.59 Å². The van der Waals surface area contributed by atoms with Crippen molar-refractivity contribution in [1.29, 1.82) is 0 Å². The lowest BCUT2D eigenvalue weighted by atomic mass is 9.97. The predicted octanol–water partition coefficient (Wildman–Crippen LogP) is 4.78. The molecule has 0 saturated carbocycles. The minimum atomic E-state index is -0.584. The van der Waals surface area contributed by atoms with Crippen LogP contribution in [0.2, 0.25) is 0 Å². The lowest BCUT2D eigenvalue weighted by Crippen LogP contribution is -2.31. The molecule has 1 unspecified atom stereocenters. The number of methoxy groups -OCH3 is 1. The summed E-state index contributed by atoms with van der Waals surface area (Å²) >= 11 is 0. The van der Waals surface area contributed by atoms with Crippen LogP contribution in [0.3, 0.4) is 0 Å². The fourth-order valence-electron chi connectivity index (χ4n) is 4.13. The molecule has 7 heteroatoms. The van der Waals surface area contributed by atoms with Crippen LogP contribution in [0.4, 0.5) is 0 Å². The predicted molar refractivity (Wildman–Crippen MR) is 132 cm³/mol. The number of rotatable bonds is 6. The summed E-state index contributed by atoms with van der Waals surface area (Å²) in [6.07, 6.45) is 3.53. The van der Waals surface area contributed by atoms with Gasteiger partial charge in [0.05, 0.1) is 24.4 Å². The number of amides is 1. The molecule has 1 atom stereocenters. The maximum Gasteiger partial charge on any atom is 0.338 e. The van der Waals surface area contributed by atoms with E-state index in [-0.39, 0.29) is 6.04 Å². The third kappa shape index (κ3) is 4.75. The van der Waals surface area contributed by atoms with Crippen molar-refractivity contribution in [3.05, 3.63) is 108 Å². The molecule has 35 heavy (non-hydrogen) atoms. The number of hydrogen-bond donors (Lipinski definition) is 0. The normalized spacial score (nSPS) is 15.1.